The smallest absolute Gasteiger partial charge is 0.182 e. The Kier molecular flexibility index (Phi) is 4.14. The van der Waals surface area contributed by atoms with Gasteiger partial charge in [0.1, 0.15) is 0 Å². The minimum atomic E-state index is -3.34. The first-order valence-corrected chi connectivity index (χ1v) is 9.55. The Labute approximate surface area is 139 Å². The molecule has 2 aromatic rings. The van der Waals surface area contributed by atoms with Crippen LogP contribution in [-0.4, -0.2) is 20.2 Å². The largest absolute Gasteiger partial charge is 0.330 e. The Morgan fingerprint density at radius 2 is 1.64 bits per heavy atom. The third-order valence-electron chi connectivity index (χ3n) is 4.33. The lowest BCUT2D eigenvalue weighted by Crippen LogP contribution is -2.13. The van der Waals surface area contributed by atoms with Crippen LogP contribution in [0.2, 0.25) is 0 Å². The van der Waals surface area contributed by atoms with E-state index in [1.54, 1.807) is 12.1 Å². The molecule has 0 unspecified atom stereocenters. The Morgan fingerprint density at radius 1 is 1.05 bits per heavy atom. The third-order valence-corrected chi connectivity index (χ3v) is 7.15. The minimum absolute atomic E-state index is 0.00696. The molecule has 5 heteroatoms. The maximum atomic E-state index is 12.9. The molecule has 2 N–H and O–H groups in total. The van der Waals surface area contributed by atoms with E-state index in [1.807, 2.05) is 43.3 Å². The van der Waals surface area contributed by atoms with Gasteiger partial charge in [-0.05, 0) is 49.2 Å². The van der Waals surface area contributed by atoms with E-state index in [2.05, 4.69) is 15.9 Å². The Morgan fingerprint density at radius 3 is 2.18 bits per heavy atom. The van der Waals surface area contributed by atoms with Crippen molar-refractivity contribution in [1.29, 1.82) is 0 Å². The van der Waals surface area contributed by atoms with Crippen LogP contribution in [0.3, 0.4) is 0 Å². The van der Waals surface area contributed by atoms with E-state index in [0.29, 0.717) is 11.4 Å². The van der Waals surface area contributed by atoms with Crippen LogP contribution in [-0.2, 0) is 9.84 Å². The lowest BCUT2D eigenvalue weighted by Gasteiger charge is -2.05. The molecule has 0 bridgehead atoms. The van der Waals surface area contributed by atoms with Crippen molar-refractivity contribution in [3.05, 3.63) is 64.1 Å². The SMILES string of the molecule is Cc1ccc(S(=O)(=O)[C@@H]2[C@H](CN)[C@H]2c2ccc(Br)cc2)cc1. The maximum absolute atomic E-state index is 12.9. The molecule has 0 heterocycles. The number of benzene rings is 2. The van der Waals surface area contributed by atoms with Crippen molar-refractivity contribution in [3.63, 3.8) is 0 Å². The van der Waals surface area contributed by atoms with Gasteiger partial charge in [-0.3, -0.25) is 0 Å². The van der Waals surface area contributed by atoms with Gasteiger partial charge in [-0.1, -0.05) is 45.8 Å². The summed E-state index contributed by atoms with van der Waals surface area (Å²) >= 11 is 3.40. The Bertz CT molecular complexity index is 769. The highest BCUT2D eigenvalue weighted by Crippen LogP contribution is 2.53. The van der Waals surface area contributed by atoms with E-state index in [1.165, 1.54) is 0 Å². The fourth-order valence-corrected chi connectivity index (χ4v) is 5.54. The molecule has 116 valence electrons. The summed E-state index contributed by atoms with van der Waals surface area (Å²) in [4.78, 5) is 0.390. The fourth-order valence-electron chi connectivity index (χ4n) is 3.05. The van der Waals surface area contributed by atoms with E-state index in [4.69, 9.17) is 5.73 Å². The molecular formula is C17H18BrNO2S. The van der Waals surface area contributed by atoms with Gasteiger partial charge in [0.25, 0.3) is 0 Å². The van der Waals surface area contributed by atoms with Gasteiger partial charge in [-0.25, -0.2) is 8.42 Å². The monoisotopic (exact) mass is 379 g/mol. The van der Waals surface area contributed by atoms with Crippen LogP contribution in [0.4, 0.5) is 0 Å². The number of nitrogens with two attached hydrogens (primary N) is 1. The summed E-state index contributed by atoms with van der Waals surface area (Å²) in [5, 5.41) is -0.415. The highest BCUT2D eigenvalue weighted by Gasteiger charge is 2.57. The lowest BCUT2D eigenvalue weighted by atomic mass is 10.1. The van der Waals surface area contributed by atoms with Crippen molar-refractivity contribution in [2.24, 2.45) is 11.7 Å². The second-order valence-electron chi connectivity index (χ2n) is 5.80. The van der Waals surface area contributed by atoms with Gasteiger partial charge in [0.05, 0.1) is 10.1 Å². The number of halogens is 1. The van der Waals surface area contributed by atoms with Gasteiger partial charge in [0.2, 0.25) is 0 Å². The summed E-state index contributed by atoms with van der Waals surface area (Å²) in [6.45, 7) is 2.33. The number of sulfone groups is 1. The standard InChI is InChI=1S/C17H18BrNO2S/c1-11-2-8-14(9-3-11)22(20,21)17-15(10-19)16(17)12-4-6-13(18)7-5-12/h2-9,15-17H,10,19H2,1H3/t15-,16-,17-/m1/s1. The second-order valence-corrected chi connectivity index (χ2v) is 8.82. The molecule has 0 saturated heterocycles. The van der Waals surface area contributed by atoms with Gasteiger partial charge < -0.3 is 5.73 Å². The molecule has 1 aliphatic carbocycles. The van der Waals surface area contributed by atoms with Crippen LogP contribution in [0.5, 0.6) is 0 Å². The number of rotatable bonds is 4. The first kappa shape index (κ1) is 15.7. The predicted molar refractivity (Wildman–Crippen MR) is 91.6 cm³/mol. The van der Waals surface area contributed by atoms with Gasteiger partial charge in [-0.15, -0.1) is 0 Å². The molecule has 3 nitrogen and oxygen atoms in total. The van der Waals surface area contributed by atoms with E-state index < -0.39 is 15.1 Å². The van der Waals surface area contributed by atoms with E-state index >= 15 is 0 Å². The van der Waals surface area contributed by atoms with Gasteiger partial charge in [-0.2, -0.15) is 0 Å². The molecule has 1 fully saturated rings. The summed E-state index contributed by atoms with van der Waals surface area (Å²) in [7, 11) is -3.34. The quantitative estimate of drug-likeness (QED) is 0.886. The summed E-state index contributed by atoms with van der Waals surface area (Å²) in [5.41, 5.74) is 7.90. The molecule has 3 rings (SSSR count). The van der Waals surface area contributed by atoms with Crippen LogP contribution in [0, 0.1) is 12.8 Å². The molecule has 1 aliphatic rings. The van der Waals surface area contributed by atoms with Crippen molar-refractivity contribution in [2.45, 2.75) is 23.0 Å². The Balaban J connectivity index is 1.93. The molecule has 3 atom stereocenters. The summed E-state index contributed by atoms with van der Waals surface area (Å²) in [5.74, 6) is -0.0168. The zero-order valence-corrected chi connectivity index (χ0v) is 14.6. The van der Waals surface area contributed by atoms with Crippen LogP contribution in [0.1, 0.15) is 17.0 Å². The van der Waals surface area contributed by atoms with Gasteiger partial charge in [0.15, 0.2) is 9.84 Å². The normalized spacial score (nSPS) is 24.2. The van der Waals surface area contributed by atoms with E-state index in [0.717, 1.165) is 15.6 Å². The molecule has 0 aromatic heterocycles. The van der Waals surface area contributed by atoms with Gasteiger partial charge >= 0.3 is 0 Å². The highest BCUT2D eigenvalue weighted by molar-refractivity contribution is 9.10. The van der Waals surface area contributed by atoms with E-state index in [-0.39, 0.29) is 11.8 Å². The molecule has 0 radical (unpaired) electrons. The van der Waals surface area contributed by atoms with E-state index in [9.17, 15) is 8.42 Å². The lowest BCUT2D eigenvalue weighted by molar-refractivity contribution is 0.591. The summed E-state index contributed by atoms with van der Waals surface area (Å²) in [6.07, 6.45) is 0. The highest BCUT2D eigenvalue weighted by atomic mass is 79.9. The molecular weight excluding hydrogens is 362 g/mol. The van der Waals surface area contributed by atoms with Crippen molar-refractivity contribution < 1.29 is 8.42 Å². The average Bonchev–Trinajstić information content (AvgIpc) is 3.24. The minimum Gasteiger partial charge on any atom is -0.330 e. The van der Waals surface area contributed by atoms with Crippen LogP contribution < -0.4 is 5.73 Å². The van der Waals surface area contributed by atoms with Crippen molar-refractivity contribution >= 4 is 25.8 Å². The summed E-state index contributed by atoms with van der Waals surface area (Å²) < 4.78 is 26.7. The zero-order valence-electron chi connectivity index (χ0n) is 12.2. The first-order chi connectivity index (χ1) is 10.4. The van der Waals surface area contributed by atoms with Crippen LogP contribution >= 0.6 is 15.9 Å². The number of hydrogen-bond acceptors (Lipinski definition) is 3. The maximum Gasteiger partial charge on any atom is 0.182 e. The fraction of sp³-hybridized carbons (Fsp3) is 0.294. The number of aryl methyl sites for hydroxylation is 1. The van der Waals surface area contributed by atoms with Crippen molar-refractivity contribution in [1.82, 2.24) is 0 Å². The molecule has 22 heavy (non-hydrogen) atoms. The Hall–Kier alpha value is -1.17. The summed E-state index contributed by atoms with van der Waals surface area (Å²) in [6, 6.07) is 14.9. The molecule has 1 saturated carbocycles. The second kappa shape index (κ2) is 5.80. The molecule has 0 amide bonds. The molecule has 0 spiro atoms. The third kappa shape index (κ3) is 2.73. The van der Waals surface area contributed by atoms with Crippen molar-refractivity contribution in [2.75, 3.05) is 6.54 Å². The first-order valence-electron chi connectivity index (χ1n) is 7.21. The van der Waals surface area contributed by atoms with Crippen molar-refractivity contribution in [3.8, 4) is 0 Å². The van der Waals surface area contributed by atoms with Crippen LogP contribution in [0.25, 0.3) is 0 Å². The van der Waals surface area contributed by atoms with Gasteiger partial charge in [0, 0.05) is 10.4 Å². The topological polar surface area (TPSA) is 60.2 Å². The van der Waals surface area contributed by atoms with Crippen LogP contribution in [0.15, 0.2) is 57.9 Å². The molecule has 0 aliphatic heterocycles. The zero-order chi connectivity index (χ0) is 15.9. The molecule has 2 aromatic carbocycles. The number of hydrogen-bond donors (Lipinski definition) is 1. The average molecular weight is 380 g/mol. The predicted octanol–water partition coefficient (Wildman–Crippen LogP) is 3.27.